The quantitative estimate of drug-likeness (QED) is 0.481. The second-order valence-electron chi connectivity index (χ2n) is 3.08. The van der Waals surface area contributed by atoms with Crippen molar-refractivity contribution < 1.29 is 17.9 Å². The van der Waals surface area contributed by atoms with Crippen LogP contribution >= 0.6 is 11.6 Å². The molecule has 0 aromatic heterocycles. The van der Waals surface area contributed by atoms with Crippen LogP contribution in [0.4, 0.5) is 13.2 Å². The van der Waals surface area contributed by atoms with Crippen molar-refractivity contribution in [3.05, 3.63) is 12.2 Å². The lowest BCUT2D eigenvalue weighted by molar-refractivity contribution is -0.339. The maximum atomic E-state index is 11.8. The highest BCUT2D eigenvalue weighted by Crippen LogP contribution is 2.32. The molecule has 1 saturated carbocycles. The molecule has 0 aromatic rings. The summed E-state index contributed by atoms with van der Waals surface area (Å²) in [5.74, 6) is 0. The third kappa shape index (κ3) is 3.56. The summed E-state index contributed by atoms with van der Waals surface area (Å²) in [7, 11) is 0. The molecule has 2 unspecified atom stereocenters. The zero-order chi connectivity index (χ0) is 10.1. The Bertz CT molecular complexity index is 202. The number of halogens is 4. The van der Waals surface area contributed by atoms with Crippen LogP contribution in [0.5, 0.6) is 0 Å². The van der Waals surface area contributed by atoms with E-state index in [0.29, 0.717) is 18.4 Å². The highest BCUT2D eigenvalue weighted by atomic mass is 35.5. The minimum Gasteiger partial charge on any atom is -0.284 e. The second-order valence-corrected chi connectivity index (χ2v) is 3.70. The summed E-state index contributed by atoms with van der Waals surface area (Å²) in [6, 6.07) is 0. The smallest absolute Gasteiger partial charge is 0.284 e. The molecule has 1 aliphatic carbocycles. The van der Waals surface area contributed by atoms with Gasteiger partial charge in [0.05, 0.1) is 6.10 Å². The molecule has 0 amide bonds. The SMILES string of the molecule is C=C1CCC(Cl)CC1OC(F)(F)F. The maximum absolute atomic E-state index is 11.8. The van der Waals surface area contributed by atoms with Crippen molar-refractivity contribution in [1.82, 2.24) is 0 Å². The average molecular weight is 215 g/mol. The van der Waals surface area contributed by atoms with Gasteiger partial charge in [-0.3, -0.25) is 4.74 Å². The Morgan fingerprint density at radius 1 is 1.46 bits per heavy atom. The highest BCUT2D eigenvalue weighted by molar-refractivity contribution is 6.20. The van der Waals surface area contributed by atoms with Crippen molar-refractivity contribution in [3.63, 3.8) is 0 Å². The predicted molar refractivity (Wildman–Crippen MR) is 43.6 cm³/mol. The van der Waals surface area contributed by atoms with Crippen molar-refractivity contribution >= 4 is 11.6 Å². The lowest BCUT2D eigenvalue weighted by atomic mass is 9.93. The highest BCUT2D eigenvalue weighted by Gasteiger charge is 2.36. The number of rotatable bonds is 1. The van der Waals surface area contributed by atoms with Crippen LogP contribution in [-0.4, -0.2) is 17.8 Å². The van der Waals surface area contributed by atoms with E-state index in [1.54, 1.807) is 0 Å². The molecule has 0 aromatic carbocycles. The van der Waals surface area contributed by atoms with Gasteiger partial charge in [0.2, 0.25) is 0 Å². The van der Waals surface area contributed by atoms with E-state index in [2.05, 4.69) is 11.3 Å². The zero-order valence-electron chi connectivity index (χ0n) is 6.90. The third-order valence-electron chi connectivity index (χ3n) is 1.98. The molecule has 5 heteroatoms. The van der Waals surface area contributed by atoms with Gasteiger partial charge in [0, 0.05) is 5.38 Å². The van der Waals surface area contributed by atoms with E-state index in [1.807, 2.05) is 0 Å². The molecule has 1 nitrogen and oxygen atoms in total. The van der Waals surface area contributed by atoms with E-state index in [1.165, 1.54) is 0 Å². The molecule has 13 heavy (non-hydrogen) atoms. The minimum absolute atomic E-state index is 0.194. The van der Waals surface area contributed by atoms with Gasteiger partial charge in [0.1, 0.15) is 0 Å². The Balaban J connectivity index is 2.52. The van der Waals surface area contributed by atoms with Crippen LogP contribution in [0.3, 0.4) is 0 Å². The molecule has 76 valence electrons. The van der Waals surface area contributed by atoms with Crippen LogP contribution in [0, 0.1) is 0 Å². The summed E-state index contributed by atoms with van der Waals surface area (Å²) in [6.07, 6.45) is -4.18. The molecule has 0 radical (unpaired) electrons. The van der Waals surface area contributed by atoms with Gasteiger partial charge in [0.15, 0.2) is 0 Å². The monoisotopic (exact) mass is 214 g/mol. The fourth-order valence-electron chi connectivity index (χ4n) is 1.31. The van der Waals surface area contributed by atoms with Crippen molar-refractivity contribution in [3.8, 4) is 0 Å². The molecular formula is C8H10ClF3O. The standard InChI is InChI=1S/C8H10ClF3O/c1-5-2-3-6(9)4-7(5)13-8(10,11)12/h6-7H,1-4H2. The average Bonchev–Trinajstić information content (AvgIpc) is 1.94. The largest absolute Gasteiger partial charge is 0.523 e. The minimum atomic E-state index is -4.60. The molecule has 1 rings (SSSR count). The van der Waals surface area contributed by atoms with E-state index in [-0.39, 0.29) is 11.8 Å². The van der Waals surface area contributed by atoms with Gasteiger partial charge in [-0.05, 0) is 24.8 Å². The molecule has 1 aliphatic rings. The van der Waals surface area contributed by atoms with Crippen LogP contribution in [0.1, 0.15) is 19.3 Å². The first-order chi connectivity index (χ1) is 5.88. The van der Waals surface area contributed by atoms with Crippen LogP contribution in [0.2, 0.25) is 0 Å². The van der Waals surface area contributed by atoms with Gasteiger partial charge >= 0.3 is 6.36 Å². The molecule has 0 spiro atoms. The van der Waals surface area contributed by atoms with E-state index >= 15 is 0 Å². The van der Waals surface area contributed by atoms with Crippen LogP contribution < -0.4 is 0 Å². The van der Waals surface area contributed by atoms with Crippen LogP contribution in [0.15, 0.2) is 12.2 Å². The first-order valence-corrected chi connectivity index (χ1v) is 4.38. The molecule has 0 bridgehead atoms. The van der Waals surface area contributed by atoms with Gasteiger partial charge in [-0.1, -0.05) is 6.58 Å². The number of hydrogen-bond acceptors (Lipinski definition) is 1. The maximum Gasteiger partial charge on any atom is 0.523 e. The van der Waals surface area contributed by atoms with Crippen molar-refractivity contribution in [2.45, 2.75) is 37.1 Å². The van der Waals surface area contributed by atoms with Crippen molar-refractivity contribution in [2.75, 3.05) is 0 Å². The summed E-state index contributed by atoms with van der Waals surface area (Å²) < 4.78 is 39.4. The first kappa shape index (κ1) is 10.9. The lowest BCUT2D eigenvalue weighted by Crippen LogP contribution is -2.30. The molecule has 0 aliphatic heterocycles. The van der Waals surface area contributed by atoms with Crippen LogP contribution in [0.25, 0.3) is 0 Å². The summed E-state index contributed by atoms with van der Waals surface area (Å²) in [5, 5.41) is -0.238. The number of hydrogen-bond donors (Lipinski definition) is 0. The van der Waals surface area contributed by atoms with E-state index < -0.39 is 12.5 Å². The summed E-state index contributed by atoms with van der Waals surface area (Å²) in [6.45, 7) is 3.53. The normalized spacial score (nSPS) is 30.6. The summed E-state index contributed by atoms with van der Waals surface area (Å²) >= 11 is 5.72. The fraction of sp³-hybridized carbons (Fsp3) is 0.750. The van der Waals surface area contributed by atoms with Crippen LogP contribution in [-0.2, 0) is 4.74 Å². The van der Waals surface area contributed by atoms with Gasteiger partial charge in [-0.2, -0.15) is 0 Å². The van der Waals surface area contributed by atoms with Gasteiger partial charge in [-0.25, -0.2) is 0 Å². The van der Waals surface area contributed by atoms with Gasteiger partial charge in [-0.15, -0.1) is 24.8 Å². The summed E-state index contributed by atoms with van der Waals surface area (Å²) in [4.78, 5) is 0. The number of alkyl halides is 4. The molecule has 0 heterocycles. The van der Waals surface area contributed by atoms with Crippen molar-refractivity contribution in [2.24, 2.45) is 0 Å². The zero-order valence-corrected chi connectivity index (χ0v) is 7.66. The Hall–Kier alpha value is -0.220. The molecule has 0 saturated heterocycles. The molecular weight excluding hydrogens is 205 g/mol. The Morgan fingerprint density at radius 3 is 2.62 bits per heavy atom. The molecule has 0 N–H and O–H groups in total. The predicted octanol–water partition coefficient (Wildman–Crippen LogP) is 3.24. The van der Waals surface area contributed by atoms with E-state index in [9.17, 15) is 13.2 Å². The second kappa shape index (κ2) is 3.88. The van der Waals surface area contributed by atoms with Gasteiger partial charge < -0.3 is 0 Å². The number of ether oxygens (including phenoxy) is 1. The molecule has 2 atom stereocenters. The van der Waals surface area contributed by atoms with E-state index in [0.717, 1.165) is 0 Å². The van der Waals surface area contributed by atoms with Gasteiger partial charge in [0.25, 0.3) is 0 Å². The Morgan fingerprint density at radius 2 is 2.08 bits per heavy atom. The van der Waals surface area contributed by atoms with E-state index in [4.69, 9.17) is 11.6 Å². The molecule has 1 fully saturated rings. The Labute approximate surface area is 79.5 Å². The lowest BCUT2D eigenvalue weighted by Gasteiger charge is -2.28. The fourth-order valence-corrected chi connectivity index (χ4v) is 1.58. The third-order valence-corrected chi connectivity index (χ3v) is 2.38. The topological polar surface area (TPSA) is 9.23 Å². The Kier molecular flexibility index (Phi) is 3.24. The van der Waals surface area contributed by atoms with Crippen molar-refractivity contribution in [1.29, 1.82) is 0 Å². The first-order valence-electron chi connectivity index (χ1n) is 3.95. The summed E-state index contributed by atoms with van der Waals surface area (Å²) in [5.41, 5.74) is 0.481.